The summed E-state index contributed by atoms with van der Waals surface area (Å²) in [4.78, 5) is 13.9. The molecule has 0 aliphatic heterocycles. The maximum atomic E-state index is 12.1. The third kappa shape index (κ3) is 4.24. The van der Waals surface area contributed by atoms with Crippen molar-refractivity contribution in [2.24, 2.45) is 11.8 Å². The highest BCUT2D eigenvalue weighted by molar-refractivity contribution is 5.79. The molecular weight excluding hydrogens is 200 g/mol. The zero-order chi connectivity index (χ0) is 12.0. The molecule has 1 rings (SSSR count). The number of hydrogen-bond acceptors (Lipinski definition) is 2. The largest absolute Gasteiger partial charge is 0.331 e. The summed E-state index contributed by atoms with van der Waals surface area (Å²) < 4.78 is 0. The maximum absolute atomic E-state index is 12.1. The van der Waals surface area contributed by atoms with Crippen LogP contribution < -0.4 is 5.32 Å². The van der Waals surface area contributed by atoms with Crippen LogP contribution in [0.4, 0.5) is 0 Å². The predicted molar refractivity (Wildman–Crippen MR) is 65.8 cm³/mol. The predicted octanol–water partition coefficient (Wildman–Crippen LogP) is 1.10. The first-order valence-corrected chi connectivity index (χ1v) is 6.12. The Bertz CT molecular complexity index is 266. The van der Waals surface area contributed by atoms with Gasteiger partial charge in [-0.1, -0.05) is 19.8 Å². The van der Waals surface area contributed by atoms with Crippen LogP contribution in [0.15, 0.2) is 0 Å². The van der Waals surface area contributed by atoms with Crippen molar-refractivity contribution in [2.75, 3.05) is 26.2 Å². The Balaban J connectivity index is 2.41. The monoisotopic (exact) mass is 222 g/mol. The number of terminal acetylenes is 1. The van der Waals surface area contributed by atoms with E-state index in [0.29, 0.717) is 12.5 Å². The average Bonchev–Trinajstić information content (AvgIpc) is 3.08. The molecule has 1 fully saturated rings. The lowest BCUT2D eigenvalue weighted by Gasteiger charge is -2.24. The van der Waals surface area contributed by atoms with Crippen LogP contribution in [0, 0.1) is 24.2 Å². The lowest BCUT2D eigenvalue weighted by atomic mass is 10.1. The van der Waals surface area contributed by atoms with Crippen LogP contribution in [-0.4, -0.2) is 37.0 Å². The van der Waals surface area contributed by atoms with Gasteiger partial charge in [0.25, 0.3) is 0 Å². The second-order valence-corrected chi connectivity index (χ2v) is 4.57. The smallest absolute Gasteiger partial charge is 0.227 e. The van der Waals surface area contributed by atoms with E-state index >= 15 is 0 Å². The number of nitrogens with one attached hydrogen (secondary N) is 1. The highest BCUT2D eigenvalue weighted by Gasteiger charge is 2.28. The van der Waals surface area contributed by atoms with Crippen LogP contribution in [0.2, 0.25) is 0 Å². The van der Waals surface area contributed by atoms with Gasteiger partial charge in [0.05, 0.1) is 6.54 Å². The van der Waals surface area contributed by atoms with E-state index in [9.17, 15) is 4.79 Å². The lowest BCUT2D eigenvalue weighted by Crippen LogP contribution is -2.40. The molecule has 1 amide bonds. The average molecular weight is 222 g/mol. The molecule has 1 aliphatic rings. The molecule has 1 atom stereocenters. The fraction of sp³-hybridized carbons (Fsp3) is 0.769. The fourth-order valence-corrected chi connectivity index (χ4v) is 1.71. The van der Waals surface area contributed by atoms with E-state index < -0.39 is 0 Å². The van der Waals surface area contributed by atoms with Crippen LogP contribution in [0.5, 0.6) is 0 Å². The van der Waals surface area contributed by atoms with E-state index in [4.69, 9.17) is 6.42 Å². The summed E-state index contributed by atoms with van der Waals surface area (Å²) in [5, 5.41) is 3.20. The van der Waals surface area contributed by atoms with Gasteiger partial charge in [0.15, 0.2) is 0 Å². The van der Waals surface area contributed by atoms with Gasteiger partial charge < -0.3 is 10.2 Å². The molecule has 0 spiro atoms. The molecule has 0 aromatic carbocycles. The molecule has 3 nitrogen and oxygen atoms in total. The fourth-order valence-electron chi connectivity index (χ4n) is 1.71. The zero-order valence-corrected chi connectivity index (χ0v) is 10.3. The van der Waals surface area contributed by atoms with E-state index in [2.05, 4.69) is 11.2 Å². The first-order valence-electron chi connectivity index (χ1n) is 6.12. The Morgan fingerprint density at radius 1 is 1.62 bits per heavy atom. The molecule has 90 valence electrons. The van der Waals surface area contributed by atoms with Crippen LogP contribution in [-0.2, 0) is 4.79 Å². The molecule has 1 aliphatic carbocycles. The third-order valence-electron chi connectivity index (χ3n) is 2.89. The Morgan fingerprint density at radius 2 is 2.31 bits per heavy atom. The highest BCUT2D eigenvalue weighted by atomic mass is 16.2. The van der Waals surface area contributed by atoms with Crippen LogP contribution in [0.3, 0.4) is 0 Å². The number of hydrogen-bond donors (Lipinski definition) is 1. The molecular formula is C13H22N2O. The van der Waals surface area contributed by atoms with Crippen molar-refractivity contribution in [3.8, 4) is 12.3 Å². The number of rotatable bonds is 7. The standard InChI is InChI=1S/C13H22N2O/c1-4-8-15(10-12-6-7-12)13(16)11(3)9-14-5-2/h1,11-12,14H,5-10H2,2-3H3. The van der Waals surface area contributed by atoms with Crippen LogP contribution in [0.25, 0.3) is 0 Å². The summed E-state index contributed by atoms with van der Waals surface area (Å²) in [5.74, 6) is 3.48. The van der Waals surface area contributed by atoms with E-state index in [1.165, 1.54) is 12.8 Å². The Hall–Kier alpha value is -1.01. The number of carbonyl (C=O) groups is 1. The second kappa shape index (κ2) is 6.55. The molecule has 1 unspecified atom stereocenters. The minimum absolute atomic E-state index is 0.0204. The number of nitrogens with zero attached hydrogens (tertiary/aromatic N) is 1. The molecule has 1 N–H and O–H groups in total. The van der Waals surface area contributed by atoms with E-state index in [1.54, 1.807) is 0 Å². The number of carbonyl (C=O) groups excluding carboxylic acids is 1. The van der Waals surface area contributed by atoms with E-state index in [1.807, 2.05) is 18.7 Å². The highest BCUT2D eigenvalue weighted by Crippen LogP contribution is 2.29. The molecule has 0 aromatic rings. The van der Waals surface area contributed by atoms with Crippen molar-refractivity contribution < 1.29 is 4.79 Å². The molecule has 0 heterocycles. The molecule has 16 heavy (non-hydrogen) atoms. The van der Waals surface area contributed by atoms with Crippen LogP contribution >= 0.6 is 0 Å². The van der Waals surface area contributed by atoms with Crippen molar-refractivity contribution >= 4 is 5.91 Å². The Morgan fingerprint density at radius 3 is 2.81 bits per heavy atom. The van der Waals surface area contributed by atoms with E-state index in [0.717, 1.165) is 19.6 Å². The van der Waals surface area contributed by atoms with Crippen molar-refractivity contribution in [3.05, 3.63) is 0 Å². The van der Waals surface area contributed by atoms with Gasteiger partial charge in [-0.15, -0.1) is 6.42 Å². The zero-order valence-electron chi connectivity index (χ0n) is 10.3. The van der Waals surface area contributed by atoms with Gasteiger partial charge in [-0.05, 0) is 25.3 Å². The number of amides is 1. The summed E-state index contributed by atoms with van der Waals surface area (Å²) in [5.41, 5.74) is 0. The summed E-state index contributed by atoms with van der Waals surface area (Å²) in [6.45, 7) is 6.93. The van der Waals surface area contributed by atoms with Gasteiger partial charge >= 0.3 is 0 Å². The van der Waals surface area contributed by atoms with Gasteiger partial charge in [0, 0.05) is 19.0 Å². The van der Waals surface area contributed by atoms with Crippen molar-refractivity contribution in [1.82, 2.24) is 10.2 Å². The normalized spacial score (nSPS) is 16.6. The molecule has 3 heteroatoms. The minimum Gasteiger partial charge on any atom is -0.331 e. The summed E-state index contributed by atoms with van der Waals surface area (Å²) >= 11 is 0. The molecule has 0 bridgehead atoms. The summed E-state index contributed by atoms with van der Waals surface area (Å²) in [7, 11) is 0. The Labute approximate surface area is 98.6 Å². The molecule has 0 aromatic heterocycles. The molecule has 1 saturated carbocycles. The van der Waals surface area contributed by atoms with Gasteiger partial charge in [0.2, 0.25) is 5.91 Å². The van der Waals surface area contributed by atoms with Crippen molar-refractivity contribution in [1.29, 1.82) is 0 Å². The third-order valence-corrected chi connectivity index (χ3v) is 2.89. The maximum Gasteiger partial charge on any atom is 0.227 e. The van der Waals surface area contributed by atoms with Crippen molar-refractivity contribution in [3.63, 3.8) is 0 Å². The Kier molecular flexibility index (Phi) is 5.34. The van der Waals surface area contributed by atoms with E-state index in [-0.39, 0.29) is 11.8 Å². The summed E-state index contributed by atoms with van der Waals surface area (Å²) in [6.07, 6.45) is 7.80. The second-order valence-electron chi connectivity index (χ2n) is 4.57. The first-order chi connectivity index (χ1) is 7.69. The van der Waals surface area contributed by atoms with Gasteiger partial charge in [-0.3, -0.25) is 4.79 Å². The topological polar surface area (TPSA) is 32.3 Å². The quantitative estimate of drug-likeness (QED) is 0.654. The SMILES string of the molecule is C#CCN(CC1CC1)C(=O)C(C)CNCC. The van der Waals surface area contributed by atoms with Crippen molar-refractivity contribution in [2.45, 2.75) is 26.7 Å². The first kappa shape index (κ1) is 13.1. The molecule has 0 saturated heterocycles. The van der Waals surface area contributed by atoms with Gasteiger partial charge in [0.1, 0.15) is 0 Å². The molecule has 0 radical (unpaired) electrons. The summed E-state index contributed by atoms with van der Waals surface area (Å²) in [6, 6.07) is 0. The van der Waals surface area contributed by atoms with Gasteiger partial charge in [-0.2, -0.15) is 0 Å². The van der Waals surface area contributed by atoms with Crippen LogP contribution in [0.1, 0.15) is 26.7 Å². The minimum atomic E-state index is 0.0204. The van der Waals surface area contributed by atoms with Gasteiger partial charge in [-0.25, -0.2) is 0 Å². The lowest BCUT2D eigenvalue weighted by molar-refractivity contribution is -0.134.